The fourth-order valence-electron chi connectivity index (χ4n) is 6.93. The monoisotopic (exact) mass is 601 g/mol. The number of hydrogen-bond donors (Lipinski definition) is 0. The summed E-state index contributed by atoms with van der Waals surface area (Å²) in [5.41, 5.74) is 14.4. The third-order valence-electron chi connectivity index (χ3n) is 9.36. The van der Waals surface area contributed by atoms with Crippen molar-refractivity contribution in [1.82, 2.24) is 9.97 Å². The van der Waals surface area contributed by atoms with Crippen molar-refractivity contribution in [3.63, 3.8) is 0 Å². The highest BCUT2D eigenvalue weighted by Crippen LogP contribution is 2.53. The molecule has 3 nitrogen and oxygen atoms in total. The van der Waals surface area contributed by atoms with Gasteiger partial charge in [0.1, 0.15) is 0 Å². The van der Waals surface area contributed by atoms with E-state index in [1.54, 1.807) is 0 Å². The zero-order valence-corrected chi connectivity index (χ0v) is 26.3. The molecule has 1 aliphatic rings. The highest BCUT2D eigenvalue weighted by molar-refractivity contribution is 5.95. The Balaban J connectivity index is 1.26. The molecule has 0 amide bonds. The fourth-order valence-corrected chi connectivity index (χ4v) is 6.93. The summed E-state index contributed by atoms with van der Waals surface area (Å²) in [6.45, 7) is 4.49. The molecule has 7 aromatic rings. The van der Waals surface area contributed by atoms with Crippen LogP contribution in [0.5, 0.6) is 0 Å². The molecule has 0 N–H and O–H groups in total. The third-order valence-corrected chi connectivity index (χ3v) is 9.36. The van der Waals surface area contributed by atoms with Gasteiger partial charge in [-0.15, -0.1) is 0 Å². The van der Waals surface area contributed by atoms with Crippen LogP contribution in [0, 0.1) is 11.3 Å². The van der Waals surface area contributed by atoms with Crippen LogP contribution in [0.2, 0.25) is 0 Å². The number of nitriles is 1. The summed E-state index contributed by atoms with van der Waals surface area (Å²) in [6.07, 6.45) is 0. The lowest BCUT2D eigenvalue weighted by Gasteiger charge is -2.21. The first-order chi connectivity index (χ1) is 23.0. The summed E-state index contributed by atoms with van der Waals surface area (Å²) in [6, 6.07) is 54.9. The first kappa shape index (κ1) is 28.4. The van der Waals surface area contributed by atoms with Crippen LogP contribution in [0.3, 0.4) is 0 Å². The molecule has 0 aliphatic heterocycles. The molecule has 3 heteroatoms. The van der Waals surface area contributed by atoms with Crippen molar-refractivity contribution in [1.29, 1.82) is 5.26 Å². The molecule has 0 spiro atoms. The van der Waals surface area contributed by atoms with Gasteiger partial charge in [0, 0.05) is 27.7 Å². The Hall–Kier alpha value is -6.11. The average molecular weight is 602 g/mol. The number of benzene rings is 6. The van der Waals surface area contributed by atoms with E-state index in [0.717, 1.165) is 50.3 Å². The van der Waals surface area contributed by atoms with Crippen LogP contribution in [0.25, 0.3) is 67.3 Å². The first-order valence-corrected chi connectivity index (χ1v) is 15.9. The lowest BCUT2D eigenvalue weighted by molar-refractivity contribution is 0.660. The van der Waals surface area contributed by atoms with Gasteiger partial charge in [-0.1, -0.05) is 147 Å². The molecule has 47 heavy (non-hydrogen) atoms. The van der Waals surface area contributed by atoms with Gasteiger partial charge in [0.05, 0.1) is 23.0 Å². The Bertz CT molecular complexity index is 2310. The van der Waals surface area contributed by atoms with Gasteiger partial charge in [-0.25, -0.2) is 9.97 Å². The minimum Gasteiger partial charge on any atom is -0.228 e. The topological polar surface area (TPSA) is 49.6 Å². The van der Waals surface area contributed by atoms with E-state index in [9.17, 15) is 5.26 Å². The van der Waals surface area contributed by atoms with E-state index in [1.807, 2.05) is 36.4 Å². The molecule has 0 radical (unpaired) electrons. The SMILES string of the molecule is CC1(C)c2cccc(C#N)c2-c2c(-c3cccc(-c4nc(-c5ccccc5)cc(-c5ccc(-c6ccccc6)cc5)n4)c3)cccc21. The predicted molar refractivity (Wildman–Crippen MR) is 191 cm³/mol. The molecule has 0 atom stereocenters. The van der Waals surface area contributed by atoms with E-state index >= 15 is 0 Å². The number of aromatic nitrogens is 2. The van der Waals surface area contributed by atoms with Gasteiger partial charge in [0.15, 0.2) is 5.82 Å². The number of hydrogen-bond acceptors (Lipinski definition) is 3. The Morgan fingerprint density at radius 1 is 0.468 bits per heavy atom. The van der Waals surface area contributed by atoms with Crippen molar-refractivity contribution in [2.75, 3.05) is 0 Å². The van der Waals surface area contributed by atoms with E-state index < -0.39 is 0 Å². The molecule has 1 aromatic heterocycles. The molecule has 6 aromatic carbocycles. The lowest BCUT2D eigenvalue weighted by atomic mass is 9.82. The van der Waals surface area contributed by atoms with Crippen LogP contribution in [-0.4, -0.2) is 9.97 Å². The van der Waals surface area contributed by atoms with Crippen LogP contribution >= 0.6 is 0 Å². The standard InChI is InChI=1S/C44H31N3/c1-44(2)37-20-10-18-35(28-45)41(37)42-36(19-11-21-38(42)44)33-16-9-17-34(26-33)43-46-39(31-14-7-4-8-15-31)27-40(47-43)32-24-22-30(23-25-32)29-12-5-3-6-13-29/h3-27H,1-2H3. The molecular formula is C44H31N3. The van der Waals surface area contributed by atoms with Gasteiger partial charge in [-0.3, -0.25) is 0 Å². The summed E-state index contributed by atoms with van der Waals surface area (Å²) in [5, 5.41) is 10.1. The van der Waals surface area contributed by atoms with Gasteiger partial charge in [0.2, 0.25) is 0 Å². The van der Waals surface area contributed by atoms with Crippen LogP contribution in [0.4, 0.5) is 0 Å². The Morgan fingerprint density at radius 3 is 1.66 bits per heavy atom. The predicted octanol–water partition coefficient (Wildman–Crippen LogP) is 11.0. The Kier molecular flexibility index (Phi) is 6.85. The number of rotatable bonds is 5. The smallest absolute Gasteiger partial charge is 0.160 e. The summed E-state index contributed by atoms with van der Waals surface area (Å²) in [4.78, 5) is 10.2. The largest absolute Gasteiger partial charge is 0.228 e. The highest BCUT2D eigenvalue weighted by atomic mass is 14.9. The molecule has 0 unspecified atom stereocenters. The van der Waals surface area contributed by atoms with Crippen molar-refractivity contribution < 1.29 is 0 Å². The second-order valence-corrected chi connectivity index (χ2v) is 12.5. The van der Waals surface area contributed by atoms with Crippen molar-refractivity contribution in [2.45, 2.75) is 19.3 Å². The van der Waals surface area contributed by atoms with Crippen LogP contribution < -0.4 is 0 Å². The Morgan fingerprint density at radius 2 is 0.979 bits per heavy atom. The second kappa shape index (κ2) is 11.4. The Labute approximate surface area is 275 Å². The highest BCUT2D eigenvalue weighted by Gasteiger charge is 2.38. The van der Waals surface area contributed by atoms with Gasteiger partial charge in [-0.05, 0) is 57.1 Å². The van der Waals surface area contributed by atoms with E-state index in [4.69, 9.17) is 9.97 Å². The number of fused-ring (bicyclic) bond motifs is 3. The van der Waals surface area contributed by atoms with Gasteiger partial charge in [-0.2, -0.15) is 5.26 Å². The van der Waals surface area contributed by atoms with Crippen molar-refractivity contribution >= 4 is 0 Å². The summed E-state index contributed by atoms with van der Waals surface area (Å²) >= 11 is 0. The van der Waals surface area contributed by atoms with E-state index in [1.165, 1.54) is 22.3 Å². The zero-order chi connectivity index (χ0) is 32.0. The third kappa shape index (κ3) is 4.92. The first-order valence-electron chi connectivity index (χ1n) is 15.9. The summed E-state index contributed by atoms with van der Waals surface area (Å²) in [5.74, 6) is 0.668. The van der Waals surface area contributed by atoms with Gasteiger partial charge < -0.3 is 0 Å². The minimum atomic E-state index is -0.205. The van der Waals surface area contributed by atoms with Crippen molar-refractivity contribution in [3.8, 4) is 73.4 Å². The van der Waals surface area contributed by atoms with Gasteiger partial charge >= 0.3 is 0 Å². The normalized spacial score (nSPS) is 12.6. The second-order valence-electron chi connectivity index (χ2n) is 12.5. The quantitative estimate of drug-likeness (QED) is 0.197. The molecule has 222 valence electrons. The molecule has 0 fully saturated rings. The lowest BCUT2D eigenvalue weighted by Crippen LogP contribution is -2.14. The van der Waals surface area contributed by atoms with Crippen LogP contribution in [-0.2, 0) is 5.41 Å². The zero-order valence-electron chi connectivity index (χ0n) is 26.3. The molecule has 0 saturated carbocycles. The average Bonchev–Trinajstić information content (AvgIpc) is 3.38. The maximum atomic E-state index is 10.1. The van der Waals surface area contributed by atoms with Crippen LogP contribution in [0.15, 0.2) is 152 Å². The number of nitrogens with zero attached hydrogens (tertiary/aromatic N) is 3. The minimum absolute atomic E-state index is 0.205. The van der Waals surface area contributed by atoms with Crippen LogP contribution in [0.1, 0.15) is 30.5 Å². The molecule has 1 aliphatic carbocycles. The maximum Gasteiger partial charge on any atom is 0.160 e. The van der Waals surface area contributed by atoms with Gasteiger partial charge in [0.25, 0.3) is 0 Å². The van der Waals surface area contributed by atoms with E-state index in [2.05, 4.69) is 135 Å². The molecule has 0 bridgehead atoms. The van der Waals surface area contributed by atoms with Crippen molar-refractivity contribution in [2.24, 2.45) is 0 Å². The molecular weight excluding hydrogens is 571 g/mol. The maximum absolute atomic E-state index is 10.1. The van der Waals surface area contributed by atoms with E-state index in [-0.39, 0.29) is 5.41 Å². The summed E-state index contributed by atoms with van der Waals surface area (Å²) in [7, 11) is 0. The molecule has 0 saturated heterocycles. The van der Waals surface area contributed by atoms with E-state index in [0.29, 0.717) is 11.4 Å². The molecule has 1 heterocycles. The van der Waals surface area contributed by atoms with Crippen molar-refractivity contribution in [3.05, 3.63) is 168 Å². The summed E-state index contributed by atoms with van der Waals surface area (Å²) < 4.78 is 0. The molecule has 8 rings (SSSR count). The fraction of sp³-hybridized carbons (Fsp3) is 0.0682.